The summed E-state index contributed by atoms with van der Waals surface area (Å²) in [7, 11) is 0. The first-order valence-electron chi connectivity index (χ1n) is 12.5. The number of nitrogens with zero attached hydrogens (tertiary/aromatic N) is 1. The number of hydrogen-bond acceptors (Lipinski definition) is 6. The van der Waals surface area contributed by atoms with E-state index in [1.54, 1.807) is 18.2 Å². The van der Waals surface area contributed by atoms with Crippen LogP contribution in [0.5, 0.6) is 23.0 Å². The highest BCUT2D eigenvalue weighted by Gasteiger charge is 2.21. The predicted octanol–water partition coefficient (Wildman–Crippen LogP) is 4.13. The minimum Gasteiger partial charge on any atom is -0.490 e. The predicted molar refractivity (Wildman–Crippen MR) is 131 cm³/mol. The second kappa shape index (κ2) is 11.8. The molecular weight excluding hydrogens is 448 g/mol. The molecule has 1 unspecified atom stereocenters. The number of piperidine rings is 1. The van der Waals surface area contributed by atoms with Gasteiger partial charge in [-0.3, -0.25) is 9.59 Å². The van der Waals surface area contributed by atoms with Gasteiger partial charge in [0.2, 0.25) is 0 Å². The van der Waals surface area contributed by atoms with Crippen LogP contribution in [0.4, 0.5) is 0 Å². The van der Waals surface area contributed by atoms with Gasteiger partial charge in [-0.25, -0.2) is 0 Å². The summed E-state index contributed by atoms with van der Waals surface area (Å²) in [5.41, 5.74) is 1.41. The number of ether oxygens (including phenoxy) is 4. The van der Waals surface area contributed by atoms with Gasteiger partial charge in [0.25, 0.3) is 11.8 Å². The van der Waals surface area contributed by atoms with E-state index < -0.39 is 0 Å². The number of likely N-dealkylation sites (tertiary alicyclic amines) is 1. The van der Waals surface area contributed by atoms with Crippen molar-refractivity contribution < 1.29 is 28.5 Å². The average Bonchev–Trinajstić information content (AvgIpc) is 2.91. The van der Waals surface area contributed by atoms with E-state index in [4.69, 9.17) is 18.9 Å². The molecule has 2 aliphatic heterocycles. The molecular formula is C27H34N2O6. The molecule has 0 radical (unpaired) electrons. The van der Waals surface area contributed by atoms with Crippen molar-refractivity contribution >= 4 is 11.8 Å². The van der Waals surface area contributed by atoms with E-state index >= 15 is 0 Å². The van der Waals surface area contributed by atoms with Crippen molar-refractivity contribution in [2.24, 2.45) is 0 Å². The molecule has 188 valence electrons. The summed E-state index contributed by atoms with van der Waals surface area (Å²) in [6, 6.07) is 10.6. The van der Waals surface area contributed by atoms with Gasteiger partial charge < -0.3 is 29.2 Å². The quantitative estimate of drug-likeness (QED) is 0.579. The van der Waals surface area contributed by atoms with E-state index in [1.807, 2.05) is 36.9 Å². The molecule has 0 spiro atoms. The van der Waals surface area contributed by atoms with Crippen LogP contribution in [0, 0.1) is 0 Å². The molecule has 0 bridgehead atoms. The molecule has 8 nitrogen and oxygen atoms in total. The largest absolute Gasteiger partial charge is 0.490 e. The third-order valence-electron chi connectivity index (χ3n) is 6.25. The number of rotatable bonds is 9. The SMILES string of the molecule is CCOc1cc(C(=O)NC(CC)c2ccc3c(c2)OCCO3)ccc1OCC(=O)N1CCCCC1. The molecule has 2 aliphatic rings. The van der Waals surface area contributed by atoms with E-state index in [0.29, 0.717) is 49.1 Å². The van der Waals surface area contributed by atoms with E-state index in [2.05, 4.69) is 5.32 Å². The van der Waals surface area contributed by atoms with Gasteiger partial charge in [0.05, 0.1) is 12.6 Å². The summed E-state index contributed by atoms with van der Waals surface area (Å²) in [4.78, 5) is 27.4. The molecule has 2 amide bonds. The lowest BCUT2D eigenvalue weighted by atomic mass is 10.0. The third-order valence-corrected chi connectivity index (χ3v) is 6.25. The number of amides is 2. The van der Waals surface area contributed by atoms with Crippen LogP contribution >= 0.6 is 0 Å². The highest BCUT2D eigenvalue weighted by atomic mass is 16.6. The average molecular weight is 483 g/mol. The Labute approximate surface area is 206 Å². The van der Waals surface area contributed by atoms with Crippen LogP contribution in [-0.4, -0.2) is 56.2 Å². The van der Waals surface area contributed by atoms with Crippen LogP contribution < -0.4 is 24.3 Å². The monoisotopic (exact) mass is 482 g/mol. The summed E-state index contributed by atoms with van der Waals surface area (Å²) in [5.74, 6) is 2.06. The third kappa shape index (κ3) is 6.18. The van der Waals surface area contributed by atoms with Gasteiger partial charge in [0.15, 0.2) is 29.6 Å². The van der Waals surface area contributed by atoms with Crippen molar-refractivity contribution in [2.75, 3.05) is 39.5 Å². The van der Waals surface area contributed by atoms with Gasteiger partial charge in [0, 0.05) is 18.7 Å². The Morgan fingerprint density at radius 1 is 0.943 bits per heavy atom. The fourth-order valence-electron chi connectivity index (χ4n) is 4.35. The number of benzene rings is 2. The van der Waals surface area contributed by atoms with Crippen molar-refractivity contribution in [3.63, 3.8) is 0 Å². The van der Waals surface area contributed by atoms with E-state index in [1.165, 1.54) is 0 Å². The Kier molecular flexibility index (Phi) is 8.34. The standard InChI is InChI=1S/C27H34N2O6/c1-3-21(19-8-10-22-25(16-19)34-15-14-33-22)28-27(31)20-9-11-23(24(17-20)32-4-2)35-18-26(30)29-12-6-5-7-13-29/h8-11,16-17,21H,3-7,12-15,18H2,1-2H3,(H,28,31). The molecule has 2 aromatic rings. The van der Waals surface area contributed by atoms with Crippen molar-refractivity contribution in [1.29, 1.82) is 0 Å². The van der Waals surface area contributed by atoms with Crippen LogP contribution in [0.1, 0.15) is 61.5 Å². The molecule has 1 N–H and O–H groups in total. The molecule has 35 heavy (non-hydrogen) atoms. The van der Waals surface area contributed by atoms with E-state index in [-0.39, 0.29) is 24.5 Å². The Morgan fingerprint density at radius 3 is 2.46 bits per heavy atom. The second-order valence-electron chi connectivity index (χ2n) is 8.66. The lowest BCUT2D eigenvalue weighted by Crippen LogP contribution is -2.38. The zero-order chi connectivity index (χ0) is 24.6. The van der Waals surface area contributed by atoms with E-state index in [9.17, 15) is 9.59 Å². The van der Waals surface area contributed by atoms with Gasteiger partial charge in [-0.1, -0.05) is 13.0 Å². The normalized spacial score (nSPS) is 15.8. The summed E-state index contributed by atoms with van der Waals surface area (Å²) in [6.07, 6.45) is 3.94. The Morgan fingerprint density at radius 2 is 1.71 bits per heavy atom. The van der Waals surface area contributed by atoms with Crippen LogP contribution in [0.2, 0.25) is 0 Å². The second-order valence-corrected chi connectivity index (χ2v) is 8.66. The van der Waals surface area contributed by atoms with Gasteiger partial charge >= 0.3 is 0 Å². The molecule has 2 aromatic carbocycles. The maximum absolute atomic E-state index is 13.1. The number of carbonyl (C=O) groups excluding carboxylic acids is 2. The van der Waals surface area contributed by atoms with Gasteiger partial charge in [-0.05, 0) is 68.5 Å². The first-order valence-corrected chi connectivity index (χ1v) is 12.5. The van der Waals surface area contributed by atoms with Gasteiger partial charge in [0.1, 0.15) is 13.2 Å². The molecule has 8 heteroatoms. The number of fused-ring (bicyclic) bond motifs is 1. The van der Waals surface area contributed by atoms with Crippen LogP contribution in [0.3, 0.4) is 0 Å². The lowest BCUT2D eigenvalue weighted by molar-refractivity contribution is -0.134. The van der Waals surface area contributed by atoms with Gasteiger partial charge in [-0.2, -0.15) is 0 Å². The molecule has 4 rings (SSSR count). The number of nitrogens with one attached hydrogen (secondary N) is 1. The van der Waals surface area contributed by atoms with Crippen LogP contribution in [0.25, 0.3) is 0 Å². The zero-order valence-corrected chi connectivity index (χ0v) is 20.5. The minimum atomic E-state index is -0.219. The molecule has 0 saturated carbocycles. The number of hydrogen-bond donors (Lipinski definition) is 1. The summed E-state index contributed by atoms with van der Waals surface area (Å²) in [5, 5.41) is 3.10. The Balaban J connectivity index is 1.43. The van der Waals surface area contributed by atoms with Crippen LogP contribution in [-0.2, 0) is 4.79 Å². The van der Waals surface area contributed by atoms with Crippen molar-refractivity contribution in [3.8, 4) is 23.0 Å². The lowest BCUT2D eigenvalue weighted by Gasteiger charge is -2.26. The smallest absolute Gasteiger partial charge is 0.260 e. The van der Waals surface area contributed by atoms with Crippen LogP contribution in [0.15, 0.2) is 36.4 Å². The van der Waals surface area contributed by atoms with Gasteiger partial charge in [-0.15, -0.1) is 0 Å². The molecule has 1 saturated heterocycles. The van der Waals surface area contributed by atoms with Crippen molar-refractivity contribution in [2.45, 2.75) is 45.6 Å². The Bertz CT molecular complexity index is 1030. The molecule has 0 aliphatic carbocycles. The fraction of sp³-hybridized carbons (Fsp3) is 0.481. The molecule has 1 fully saturated rings. The molecule has 1 atom stereocenters. The maximum atomic E-state index is 13.1. The Hall–Kier alpha value is -3.42. The van der Waals surface area contributed by atoms with Crippen molar-refractivity contribution in [3.05, 3.63) is 47.5 Å². The maximum Gasteiger partial charge on any atom is 0.260 e. The zero-order valence-electron chi connectivity index (χ0n) is 20.5. The minimum absolute atomic E-state index is 0.0285. The van der Waals surface area contributed by atoms with Crippen molar-refractivity contribution in [1.82, 2.24) is 10.2 Å². The summed E-state index contributed by atoms with van der Waals surface area (Å²) < 4.78 is 22.8. The summed E-state index contributed by atoms with van der Waals surface area (Å²) >= 11 is 0. The fourth-order valence-corrected chi connectivity index (χ4v) is 4.35. The first kappa shape index (κ1) is 24.7. The molecule has 0 aromatic heterocycles. The van der Waals surface area contributed by atoms with E-state index in [0.717, 1.165) is 43.7 Å². The summed E-state index contributed by atoms with van der Waals surface area (Å²) in [6.45, 7) is 6.85. The highest BCUT2D eigenvalue weighted by Crippen LogP contribution is 2.34. The first-order chi connectivity index (χ1) is 17.1. The number of carbonyl (C=O) groups is 2. The highest BCUT2D eigenvalue weighted by molar-refractivity contribution is 5.95. The molecule has 2 heterocycles. The topological polar surface area (TPSA) is 86.3 Å².